The second kappa shape index (κ2) is 5.34. The van der Waals surface area contributed by atoms with Gasteiger partial charge in [0.25, 0.3) is 0 Å². The van der Waals surface area contributed by atoms with Gasteiger partial charge in [0.2, 0.25) is 0 Å². The summed E-state index contributed by atoms with van der Waals surface area (Å²) in [6.45, 7) is 2.98. The van der Waals surface area contributed by atoms with Crippen LogP contribution in [0.3, 0.4) is 0 Å². The normalized spacial score (nSPS) is 11.3. The first-order valence-corrected chi connectivity index (χ1v) is 7.85. The van der Waals surface area contributed by atoms with E-state index in [1.165, 1.54) is 24.9 Å². The van der Waals surface area contributed by atoms with E-state index in [0.29, 0.717) is 0 Å². The van der Waals surface area contributed by atoms with Gasteiger partial charge in [-0.05, 0) is 37.8 Å². The predicted octanol–water partition coefficient (Wildman–Crippen LogP) is 3.85. The molecule has 2 N–H and O–H groups in total. The Balaban J connectivity index is 1.94. The molecular formula is C11H15NS3. The van der Waals surface area contributed by atoms with Crippen LogP contribution in [0.2, 0.25) is 0 Å². The molecule has 0 unspecified atom stereocenters. The zero-order valence-corrected chi connectivity index (χ0v) is 11.2. The molecular weight excluding hydrogens is 242 g/mol. The lowest BCUT2D eigenvalue weighted by Crippen LogP contribution is -1.99. The third kappa shape index (κ3) is 2.97. The van der Waals surface area contributed by atoms with Crippen LogP contribution in [0.15, 0.2) is 12.1 Å². The molecule has 0 saturated heterocycles. The summed E-state index contributed by atoms with van der Waals surface area (Å²) in [6, 6.07) is 4.63. The first kappa shape index (κ1) is 11.5. The number of nitrogens with two attached hydrogens (primary N) is 1. The van der Waals surface area contributed by atoms with E-state index in [1.54, 1.807) is 0 Å². The lowest BCUT2D eigenvalue weighted by atomic mass is 10.4. The molecule has 82 valence electrons. The van der Waals surface area contributed by atoms with Crippen LogP contribution in [0.1, 0.15) is 16.2 Å². The van der Waals surface area contributed by atoms with Gasteiger partial charge in [0.15, 0.2) is 0 Å². The number of thioether (sulfide) groups is 1. The van der Waals surface area contributed by atoms with Gasteiger partial charge in [0, 0.05) is 24.9 Å². The number of rotatable bonds is 5. The first-order chi connectivity index (χ1) is 7.29. The second-order valence-corrected chi connectivity index (χ2v) is 7.05. The number of hydrogen-bond donors (Lipinski definition) is 1. The molecule has 0 aromatic carbocycles. The van der Waals surface area contributed by atoms with Crippen molar-refractivity contribution < 1.29 is 0 Å². The topological polar surface area (TPSA) is 26.0 Å². The van der Waals surface area contributed by atoms with Gasteiger partial charge in [-0.1, -0.05) is 0 Å². The van der Waals surface area contributed by atoms with Crippen LogP contribution < -0.4 is 5.73 Å². The molecule has 2 rings (SSSR count). The lowest BCUT2D eigenvalue weighted by Gasteiger charge is -1.96. The quantitative estimate of drug-likeness (QED) is 0.823. The van der Waals surface area contributed by atoms with Crippen molar-refractivity contribution in [3.8, 4) is 0 Å². The standard InChI is InChI=1S/C11H15NS3/c1-8-5-10-11(14-8)6-9(15-10)7-13-4-2-3-12/h5-6H,2-4,7,12H2,1H3. The Morgan fingerprint density at radius 3 is 2.80 bits per heavy atom. The molecule has 2 aromatic heterocycles. The Kier molecular flexibility index (Phi) is 4.08. The highest BCUT2D eigenvalue weighted by atomic mass is 32.2. The maximum absolute atomic E-state index is 5.46. The van der Waals surface area contributed by atoms with Crippen LogP contribution in [-0.2, 0) is 5.75 Å². The molecule has 0 radical (unpaired) electrons. The highest BCUT2D eigenvalue weighted by Gasteiger charge is 2.04. The van der Waals surface area contributed by atoms with Crippen LogP contribution in [0.25, 0.3) is 9.40 Å². The number of aryl methyl sites for hydroxylation is 1. The van der Waals surface area contributed by atoms with E-state index in [0.717, 1.165) is 18.7 Å². The van der Waals surface area contributed by atoms with Crippen LogP contribution in [0.5, 0.6) is 0 Å². The van der Waals surface area contributed by atoms with Crippen molar-refractivity contribution in [3.63, 3.8) is 0 Å². The summed E-state index contributed by atoms with van der Waals surface area (Å²) in [5.74, 6) is 2.33. The van der Waals surface area contributed by atoms with Crippen LogP contribution in [0, 0.1) is 6.92 Å². The van der Waals surface area contributed by atoms with Crippen LogP contribution in [0.4, 0.5) is 0 Å². The monoisotopic (exact) mass is 257 g/mol. The van der Waals surface area contributed by atoms with E-state index in [2.05, 4.69) is 19.1 Å². The SMILES string of the molecule is Cc1cc2sc(CSCCCN)cc2s1. The molecule has 15 heavy (non-hydrogen) atoms. The zero-order valence-electron chi connectivity index (χ0n) is 8.79. The molecule has 0 aliphatic heterocycles. The molecule has 0 saturated carbocycles. The van der Waals surface area contributed by atoms with E-state index < -0.39 is 0 Å². The fraction of sp³-hybridized carbons (Fsp3) is 0.455. The van der Waals surface area contributed by atoms with Crippen molar-refractivity contribution in [2.45, 2.75) is 19.1 Å². The zero-order chi connectivity index (χ0) is 10.7. The van der Waals surface area contributed by atoms with Crippen molar-refractivity contribution in [1.29, 1.82) is 0 Å². The van der Waals surface area contributed by atoms with E-state index in [1.807, 2.05) is 34.4 Å². The average Bonchev–Trinajstić information content (AvgIpc) is 2.69. The maximum Gasteiger partial charge on any atom is 0.0456 e. The molecule has 2 heterocycles. The number of thiophene rings is 2. The molecule has 1 nitrogen and oxygen atoms in total. The van der Waals surface area contributed by atoms with E-state index in [4.69, 9.17) is 5.73 Å². The van der Waals surface area contributed by atoms with Gasteiger partial charge in [0.1, 0.15) is 0 Å². The highest BCUT2D eigenvalue weighted by Crippen LogP contribution is 2.34. The van der Waals surface area contributed by atoms with Gasteiger partial charge in [-0.2, -0.15) is 11.8 Å². The molecule has 0 atom stereocenters. The van der Waals surface area contributed by atoms with Crippen molar-refractivity contribution in [2.75, 3.05) is 12.3 Å². The minimum absolute atomic E-state index is 0.811. The van der Waals surface area contributed by atoms with Crippen molar-refractivity contribution in [3.05, 3.63) is 21.9 Å². The molecule has 0 aliphatic carbocycles. The summed E-state index contributed by atoms with van der Waals surface area (Å²) in [6.07, 6.45) is 1.13. The van der Waals surface area contributed by atoms with E-state index in [9.17, 15) is 0 Å². The molecule has 0 amide bonds. The highest BCUT2D eigenvalue weighted by molar-refractivity contribution is 7.98. The van der Waals surface area contributed by atoms with Gasteiger partial charge in [0.05, 0.1) is 0 Å². The maximum atomic E-state index is 5.46. The summed E-state index contributed by atoms with van der Waals surface area (Å²) < 4.78 is 2.90. The van der Waals surface area contributed by atoms with Crippen molar-refractivity contribution in [1.82, 2.24) is 0 Å². The van der Waals surface area contributed by atoms with Gasteiger partial charge < -0.3 is 5.73 Å². The molecule has 4 heteroatoms. The summed E-state index contributed by atoms with van der Waals surface area (Å²) in [5.41, 5.74) is 5.46. The Morgan fingerprint density at radius 2 is 2.07 bits per heavy atom. The molecule has 0 aliphatic rings. The Morgan fingerprint density at radius 1 is 1.27 bits per heavy atom. The molecule has 2 aromatic rings. The average molecular weight is 257 g/mol. The summed E-state index contributed by atoms with van der Waals surface area (Å²) in [7, 11) is 0. The smallest absolute Gasteiger partial charge is 0.0456 e. The number of fused-ring (bicyclic) bond motifs is 1. The Bertz CT molecular complexity index is 398. The van der Waals surface area contributed by atoms with Crippen molar-refractivity contribution >= 4 is 43.8 Å². The minimum Gasteiger partial charge on any atom is -0.330 e. The molecule has 0 fully saturated rings. The summed E-state index contributed by atoms with van der Waals surface area (Å²) >= 11 is 5.82. The Hall–Kier alpha value is -0.0300. The van der Waals surface area contributed by atoms with Crippen LogP contribution in [-0.4, -0.2) is 12.3 Å². The second-order valence-electron chi connectivity index (χ2n) is 3.49. The summed E-state index contributed by atoms with van der Waals surface area (Å²) in [4.78, 5) is 2.91. The fourth-order valence-corrected chi connectivity index (χ4v) is 4.86. The fourth-order valence-electron chi connectivity index (χ4n) is 1.44. The molecule has 0 spiro atoms. The van der Waals surface area contributed by atoms with Gasteiger partial charge in [-0.25, -0.2) is 0 Å². The lowest BCUT2D eigenvalue weighted by molar-refractivity contribution is 0.943. The number of hydrogen-bond acceptors (Lipinski definition) is 4. The van der Waals surface area contributed by atoms with Crippen LogP contribution >= 0.6 is 34.4 Å². The van der Waals surface area contributed by atoms with Gasteiger partial charge in [-0.3, -0.25) is 0 Å². The largest absolute Gasteiger partial charge is 0.330 e. The van der Waals surface area contributed by atoms with Crippen molar-refractivity contribution in [2.24, 2.45) is 5.73 Å². The first-order valence-electron chi connectivity index (χ1n) is 5.06. The van der Waals surface area contributed by atoms with Gasteiger partial charge in [-0.15, -0.1) is 22.7 Å². The van der Waals surface area contributed by atoms with E-state index in [-0.39, 0.29) is 0 Å². The summed E-state index contributed by atoms with van der Waals surface area (Å²) in [5, 5.41) is 0. The van der Waals surface area contributed by atoms with Gasteiger partial charge >= 0.3 is 0 Å². The minimum atomic E-state index is 0.811. The van der Waals surface area contributed by atoms with E-state index >= 15 is 0 Å². The Labute approximate surface area is 103 Å². The third-order valence-corrected chi connectivity index (χ3v) is 5.60. The third-order valence-electron chi connectivity index (χ3n) is 2.12. The molecule has 0 bridgehead atoms. The predicted molar refractivity (Wildman–Crippen MR) is 74.3 cm³/mol.